The van der Waals surface area contributed by atoms with Crippen molar-refractivity contribution in [3.05, 3.63) is 16.0 Å². The van der Waals surface area contributed by atoms with Gasteiger partial charge in [-0.2, -0.15) is 0 Å². The maximum atomic E-state index is 6.08. The van der Waals surface area contributed by atoms with Gasteiger partial charge < -0.3 is 5.73 Å². The van der Waals surface area contributed by atoms with Gasteiger partial charge in [0.1, 0.15) is 11.6 Å². The number of nitrogen functional groups attached to an aromatic ring is 1. The molecular formula is C16H26BrN3. The molecule has 1 saturated carbocycles. The van der Waals surface area contributed by atoms with Crippen LogP contribution in [0.2, 0.25) is 0 Å². The second kappa shape index (κ2) is 7.39. The molecule has 0 radical (unpaired) electrons. The fraction of sp³-hybridized carbons (Fsp3) is 0.750. The smallest absolute Gasteiger partial charge is 0.141 e. The molecule has 1 aromatic rings. The maximum Gasteiger partial charge on any atom is 0.141 e. The highest BCUT2D eigenvalue weighted by Crippen LogP contribution is 2.32. The first-order chi connectivity index (χ1) is 9.58. The highest BCUT2D eigenvalue weighted by molar-refractivity contribution is 9.10. The van der Waals surface area contributed by atoms with Gasteiger partial charge in [-0.3, -0.25) is 0 Å². The predicted octanol–water partition coefficient (Wildman–Crippen LogP) is 4.85. The van der Waals surface area contributed by atoms with Gasteiger partial charge >= 0.3 is 0 Å². The summed E-state index contributed by atoms with van der Waals surface area (Å²) in [5, 5.41) is 0. The van der Waals surface area contributed by atoms with Gasteiger partial charge in [0.15, 0.2) is 0 Å². The molecule has 1 aromatic heterocycles. The monoisotopic (exact) mass is 339 g/mol. The number of hydrogen-bond donors (Lipinski definition) is 1. The number of aromatic nitrogens is 2. The zero-order valence-corrected chi connectivity index (χ0v) is 14.2. The lowest BCUT2D eigenvalue weighted by molar-refractivity contribution is 0.441. The first-order valence-corrected chi connectivity index (χ1v) is 8.69. The third-order valence-electron chi connectivity index (χ3n) is 4.03. The highest BCUT2D eigenvalue weighted by Gasteiger charge is 2.19. The zero-order valence-electron chi connectivity index (χ0n) is 12.7. The van der Waals surface area contributed by atoms with Crippen LogP contribution in [0, 0.1) is 5.92 Å². The van der Waals surface area contributed by atoms with Crippen LogP contribution in [0.3, 0.4) is 0 Å². The Morgan fingerprint density at radius 3 is 2.30 bits per heavy atom. The maximum absolute atomic E-state index is 6.08. The quantitative estimate of drug-likeness (QED) is 0.856. The summed E-state index contributed by atoms with van der Waals surface area (Å²) >= 11 is 3.54. The summed E-state index contributed by atoms with van der Waals surface area (Å²) in [6, 6.07) is 0. The zero-order chi connectivity index (χ0) is 14.5. The molecular weight excluding hydrogens is 314 g/mol. The van der Waals surface area contributed by atoms with Gasteiger partial charge in [0, 0.05) is 5.92 Å². The Hall–Kier alpha value is -0.640. The molecule has 2 rings (SSSR count). The van der Waals surface area contributed by atoms with Gasteiger partial charge in [-0.25, -0.2) is 9.97 Å². The molecule has 20 heavy (non-hydrogen) atoms. The lowest BCUT2D eigenvalue weighted by Gasteiger charge is -2.20. The molecule has 4 heteroatoms. The van der Waals surface area contributed by atoms with Gasteiger partial charge in [0.2, 0.25) is 0 Å². The van der Waals surface area contributed by atoms with Gasteiger partial charge in [0.25, 0.3) is 0 Å². The summed E-state index contributed by atoms with van der Waals surface area (Å²) in [5.41, 5.74) is 7.15. The molecule has 0 atom stereocenters. The molecule has 0 aliphatic heterocycles. The normalized spacial score (nSPS) is 18.0. The van der Waals surface area contributed by atoms with Crippen LogP contribution >= 0.6 is 15.9 Å². The van der Waals surface area contributed by atoms with Crippen LogP contribution in [0.25, 0.3) is 0 Å². The molecule has 1 heterocycles. The summed E-state index contributed by atoms with van der Waals surface area (Å²) in [7, 11) is 0. The Morgan fingerprint density at radius 1 is 1.10 bits per heavy atom. The average Bonchev–Trinajstić information content (AvgIpc) is 2.33. The minimum atomic E-state index is 0.497. The molecule has 1 fully saturated rings. The number of nitrogens with two attached hydrogens (primary N) is 1. The van der Waals surface area contributed by atoms with E-state index in [1.54, 1.807) is 0 Å². The van der Waals surface area contributed by atoms with Crippen LogP contribution in [-0.2, 0) is 6.42 Å². The van der Waals surface area contributed by atoms with Crippen molar-refractivity contribution in [2.45, 2.75) is 71.1 Å². The van der Waals surface area contributed by atoms with E-state index in [1.165, 1.54) is 44.9 Å². The molecule has 1 aliphatic rings. The van der Waals surface area contributed by atoms with Crippen molar-refractivity contribution in [1.82, 2.24) is 9.97 Å². The van der Waals surface area contributed by atoms with E-state index in [-0.39, 0.29) is 0 Å². The molecule has 0 aromatic carbocycles. The summed E-state index contributed by atoms with van der Waals surface area (Å²) < 4.78 is 0.890. The van der Waals surface area contributed by atoms with Crippen LogP contribution in [0.5, 0.6) is 0 Å². The van der Waals surface area contributed by atoms with Crippen molar-refractivity contribution in [1.29, 1.82) is 0 Å². The Balaban J connectivity index is 2.23. The summed E-state index contributed by atoms with van der Waals surface area (Å²) in [5.74, 6) is 2.65. The second-order valence-corrected chi connectivity index (χ2v) is 7.16. The Labute approximate surface area is 130 Å². The van der Waals surface area contributed by atoms with Crippen LogP contribution < -0.4 is 5.73 Å². The van der Waals surface area contributed by atoms with Crippen molar-refractivity contribution in [2.24, 2.45) is 5.92 Å². The lowest BCUT2D eigenvalue weighted by Crippen LogP contribution is -2.12. The van der Waals surface area contributed by atoms with Crippen molar-refractivity contribution >= 4 is 21.7 Å². The van der Waals surface area contributed by atoms with Gasteiger partial charge in [-0.15, -0.1) is 0 Å². The minimum absolute atomic E-state index is 0.497. The van der Waals surface area contributed by atoms with Crippen LogP contribution in [0.4, 0.5) is 5.82 Å². The van der Waals surface area contributed by atoms with E-state index in [2.05, 4.69) is 34.8 Å². The van der Waals surface area contributed by atoms with E-state index in [9.17, 15) is 0 Å². The minimum Gasteiger partial charge on any atom is -0.383 e. The van der Waals surface area contributed by atoms with Gasteiger partial charge in [-0.1, -0.05) is 46.0 Å². The third-order valence-corrected chi connectivity index (χ3v) is 4.90. The molecule has 0 saturated heterocycles. The predicted molar refractivity (Wildman–Crippen MR) is 87.7 cm³/mol. The van der Waals surface area contributed by atoms with E-state index in [0.29, 0.717) is 17.7 Å². The van der Waals surface area contributed by atoms with Gasteiger partial charge in [0.05, 0.1) is 10.2 Å². The molecule has 3 nitrogen and oxygen atoms in total. The van der Waals surface area contributed by atoms with Crippen LogP contribution in [-0.4, -0.2) is 9.97 Å². The van der Waals surface area contributed by atoms with Gasteiger partial charge in [-0.05, 0) is 41.1 Å². The number of hydrogen-bond acceptors (Lipinski definition) is 3. The topological polar surface area (TPSA) is 51.8 Å². The molecule has 0 unspecified atom stereocenters. The van der Waals surface area contributed by atoms with E-state index in [0.717, 1.165) is 22.4 Å². The SMILES string of the molecule is CC(C)Cc1nc(C2CCCCCCC2)nc(N)c1Br. The number of rotatable bonds is 3. The van der Waals surface area contributed by atoms with Crippen molar-refractivity contribution in [2.75, 3.05) is 5.73 Å². The fourth-order valence-electron chi connectivity index (χ4n) is 2.95. The largest absolute Gasteiger partial charge is 0.383 e. The van der Waals surface area contributed by atoms with E-state index >= 15 is 0 Å². The summed E-state index contributed by atoms with van der Waals surface area (Å²) in [6.07, 6.45) is 10.0. The standard InChI is InChI=1S/C16H26BrN3/c1-11(2)10-13-14(17)15(18)20-16(19-13)12-8-6-4-3-5-7-9-12/h11-12H,3-10H2,1-2H3,(H2,18,19,20). The second-order valence-electron chi connectivity index (χ2n) is 6.37. The van der Waals surface area contributed by atoms with E-state index in [1.807, 2.05) is 0 Å². The van der Waals surface area contributed by atoms with Crippen molar-refractivity contribution in [3.63, 3.8) is 0 Å². The summed E-state index contributed by atoms with van der Waals surface area (Å²) in [4.78, 5) is 9.39. The molecule has 1 aliphatic carbocycles. The average molecular weight is 340 g/mol. The molecule has 0 amide bonds. The number of halogens is 1. The highest BCUT2D eigenvalue weighted by atomic mass is 79.9. The number of nitrogens with zero attached hydrogens (tertiary/aromatic N) is 2. The van der Waals surface area contributed by atoms with Crippen molar-refractivity contribution < 1.29 is 0 Å². The van der Waals surface area contributed by atoms with Crippen LogP contribution in [0.1, 0.15) is 76.2 Å². The molecule has 112 valence electrons. The first-order valence-electron chi connectivity index (χ1n) is 7.89. The van der Waals surface area contributed by atoms with Crippen LogP contribution in [0.15, 0.2) is 4.47 Å². The van der Waals surface area contributed by atoms with E-state index in [4.69, 9.17) is 10.7 Å². The number of anilines is 1. The van der Waals surface area contributed by atoms with Crippen molar-refractivity contribution in [3.8, 4) is 0 Å². The molecule has 2 N–H and O–H groups in total. The molecule has 0 bridgehead atoms. The first kappa shape index (κ1) is 15.7. The fourth-order valence-corrected chi connectivity index (χ4v) is 3.29. The Bertz CT molecular complexity index is 438. The lowest BCUT2D eigenvalue weighted by atomic mass is 9.90. The van der Waals surface area contributed by atoms with E-state index < -0.39 is 0 Å². The Kier molecular flexibility index (Phi) is 5.82. The Morgan fingerprint density at radius 2 is 1.70 bits per heavy atom. The summed E-state index contributed by atoms with van der Waals surface area (Å²) in [6.45, 7) is 4.42. The third kappa shape index (κ3) is 4.18. The molecule has 0 spiro atoms.